The molecule has 1 saturated heterocycles. The smallest absolute Gasteiger partial charge is 0.338 e. The van der Waals surface area contributed by atoms with Crippen molar-refractivity contribution in [3.63, 3.8) is 0 Å². The number of hydrogen-bond acceptors (Lipinski definition) is 8. The maximum atomic E-state index is 14.4. The molecule has 0 aliphatic carbocycles. The largest absolute Gasteiger partial charge is 0.466 e. The summed E-state index contributed by atoms with van der Waals surface area (Å²) in [6.07, 6.45) is 2.70. The first kappa shape index (κ1) is 23.0. The Morgan fingerprint density at radius 2 is 2.09 bits per heavy atom. The highest BCUT2D eigenvalue weighted by molar-refractivity contribution is 9.10. The van der Waals surface area contributed by atoms with Crippen molar-refractivity contribution >= 4 is 50.0 Å². The highest BCUT2D eigenvalue weighted by Crippen LogP contribution is 2.40. The molecule has 32 heavy (non-hydrogen) atoms. The van der Waals surface area contributed by atoms with Crippen LogP contribution in [0.4, 0.5) is 4.39 Å². The molecule has 2 aliphatic heterocycles. The van der Waals surface area contributed by atoms with Gasteiger partial charge in [-0.05, 0) is 40.4 Å². The van der Waals surface area contributed by atoms with Gasteiger partial charge in [-0.1, -0.05) is 12.1 Å². The molecule has 0 spiro atoms. The van der Waals surface area contributed by atoms with Crippen LogP contribution in [0, 0.1) is 11.7 Å². The summed E-state index contributed by atoms with van der Waals surface area (Å²) in [5.74, 6) is -0.699. The number of nitrogens with zero attached hydrogens (tertiary/aromatic N) is 3. The molecule has 3 heterocycles. The van der Waals surface area contributed by atoms with Crippen molar-refractivity contribution in [2.75, 3.05) is 20.2 Å². The van der Waals surface area contributed by atoms with E-state index in [4.69, 9.17) is 9.73 Å². The second kappa shape index (κ2) is 9.77. The van der Waals surface area contributed by atoms with Crippen molar-refractivity contribution < 1.29 is 22.3 Å². The molecule has 8 nitrogen and oxygen atoms in total. The van der Waals surface area contributed by atoms with Crippen LogP contribution in [0.3, 0.4) is 0 Å². The lowest BCUT2D eigenvalue weighted by atomic mass is 9.86. The zero-order chi connectivity index (χ0) is 22.8. The third-order valence-corrected chi connectivity index (χ3v) is 7.98. The van der Waals surface area contributed by atoms with Crippen molar-refractivity contribution in [3.05, 3.63) is 61.9 Å². The number of ether oxygens (including phenoxy) is 1. The minimum Gasteiger partial charge on any atom is -0.466 e. The molecule has 1 fully saturated rings. The normalized spacial score (nSPS) is 20.2. The van der Waals surface area contributed by atoms with Crippen molar-refractivity contribution in [3.8, 4) is 0 Å². The third kappa shape index (κ3) is 4.49. The standard InChI is InChI=1S/C20H20BrFN4O4S2/c1-30-20(27)14-16(11-5-8-26(9-6-11)32(28)29)24-18(19-23-7-10-31-19)25-17(14)12-3-2-4-13(22)15(12)21/h2-4,7,10-11,17,32H,5-6,8-9H2,1H3,(H,24,25)/t17-/m1/s1. The second-order valence-electron chi connectivity index (χ2n) is 7.27. The molecule has 2 aliphatic rings. The van der Waals surface area contributed by atoms with E-state index in [2.05, 4.69) is 26.2 Å². The van der Waals surface area contributed by atoms with Gasteiger partial charge in [-0.25, -0.2) is 26.9 Å². The fourth-order valence-electron chi connectivity index (χ4n) is 3.95. The number of thiol groups is 1. The minimum absolute atomic E-state index is 0.129. The number of hydrogen-bond donors (Lipinski definition) is 2. The van der Waals surface area contributed by atoms with E-state index in [9.17, 15) is 17.6 Å². The first-order chi connectivity index (χ1) is 15.4. The average molecular weight is 543 g/mol. The van der Waals surface area contributed by atoms with Gasteiger partial charge in [0.25, 0.3) is 0 Å². The van der Waals surface area contributed by atoms with Crippen molar-refractivity contribution in [1.82, 2.24) is 14.6 Å². The molecule has 170 valence electrons. The number of nitrogens with one attached hydrogen (secondary N) is 1. The SMILES string of the molecule is COC(=O)C1=C(C2CCN([SH](=O)=O)CC2)NC(c2nccs2)=N[C@@H]1c1cccc(F)c1Br. The number of methoxy groups -OCH3 is 1. The summed E-state index contributed by atoms with van der Waals surface area (Å²) in [7, 11) is -1.36. The molecular formula is C20H20BrFN4O4S2. The highest BCUT2D eigenvalue weighted by atomic mass is 79.9. The number of piperidine rings is 1. The molecule has 1 N–H and O–H groups in total. The Morgan fingerprint density at radius 1 is 1.34 bits per heavy atom. The van der Waals surface area contributed by atoms with Crippen LogP contribution >= 0.6 is 27.3 Å². The molecule has 1 aromatic carbocycles. The quantitative estimate of drug-likeness (QED) is 0.445. The Bertz CT molecular complexity index is 1150. The number of amidine groups is 1. The van der Waals surface area contributed by atoms with Gasteiger partial charge in [0.2, 0.25) is 10.9 Å². The maximum Gasteiger partial charge on any atom is 0.338 e. The topological polar surface area (TPSA) is 101 Å². The zero-order valence-corrected chi connectivity index (χ0v) is 20.3. The van der Waals surface area contributed by atoms with Crippen LogP contribution in [0.2, 0.25) is 0 Å². The van der Waals surface area contributed by atoms with Gasteiger partial charge >= 0.3 is 5.97 Å². The summed E-state index contributed by atoms with van der Waals surface area (Å²) < 4.78 is 43.8. The number of aliphatic imine (C=N–C) groups is 1. The van der Waals surface area contributed by atoms with Gasteiger partial charge in [-0.3, -0.25) is 4.99 Å². The van der Waals surface area contributed by atoms with E-state index in [1.807, 2.05) is 5.38 Å². The number of carbonyl (C=O) groups excluding carboxylic acids is 1. The van der Waals surface area contributed by atoms with E-state index in [-0.39, 0.29) is 16.0 Å². The molecule has 1 aromatic heterocycles. The van der Waals surface area contributed by atoms with Crippen molar-refractivity contribution in [2.45, 2.75) is 18.9 Å². The fourth-order valence-corrected chi connectivity index (χ4v) is 5.57. The van der Waals surface area contributed by atoms with Gasteiger partial charge < -0.3 is 10.1 Å². The van der Waals surface area contributed by atoms with Gasteiger partial charge in [0.1, 0.15) is 11.9 Å². The molecule has 0 radical (unpaired) electrons. The van der Waals surface area contributed by atoms with Crippen LogP contribution in [0.1, 0.15) is 29.5 Å². The predicted molar refractivity (Wildman–Crippen MR) is 122 cm³/mol. The lowest BCUT2D eigenvalue weighted by Gasteiger charge is -2.34. The van der Waals surface area contributed by atoms with Crippen LogP contribution < -0.4 is 5.32 Å². The Balaban J connectivity index is 1.84. The summed E-state index contributed by atoms with van der Waals surface area (Å²) in [6.45, 7) is 0.697. The van der Waals surface area contributed by atoms with Crippen LogP contribution in [0.5, 0.6) is 0 Å². The molecule has 0 amide bonds. The minimum atomic E-state index is -2.65. The highest BCUT2D eigenvalue weighted by Gasteiger charge is 2.37. The van der Waals surface area contributed by atoms with E-state index in [0.717, 1.165) is 0 Å². The second-order valence-corrected chi connectivity index (χ2v) is 10.00. The summed E-state index contributed by atoms with van der Waals surface area (Å²) in [5.41, 5.74) is 1.38. The van der Waals surface area contributed by atoms with Gasteiger partial charge in [0.05, 0.1) is 17.2 Å². The number of thiazole rings is 1. The van der Waals surface area contributed by atoms with E-state index in [1.54, 1.807) is 18.3 Å². The fraction of sp³-hybridized carbons (Fsp3) is 0.350. The van der Waals surface area contributed by atoms with Gasteiger partial charge in [-0.2, -0.15) is 0 Å². The van der Waals surface area contributed by atoms with Crippen LogP contribution in [0.25, 0.3) is 0 Å². The van der Waals surface area contributed by atoms with Gasteiger partial charge in [-0.15, -0.1) is 11.3 Å². The molecule has 1 atom stereocenters. The molecule has 0 bridgehead atoms. The summed E-state index contributed by atoms with van der Waals surface area (Å²) >= 11 is 4.68. The molecule has 12 heteroatoms. The average Bonchev–Trinajstić information content (AvgIpc) is 3.35. The number of carbonyl (C=O) groups is 1. The number of benzene rings is 1. The Hall–Kier alpha value is -2.15. The van der Waals surface area contributed by atoms with Gasteiger partial charge in [0, 0.05) is 36.3 Å². The van der Waals surface area contributed by atoms with E-state index < -0.39 is 28.7 Å². The van der Waals surface area contributed by atoms with Gasteiger partial charge in [0.15, 0.2) is 10.8 Å². The number of aromatic nitrogens is 1. The lowest BCUT2D eigenvalue weighted by Crippen LogP contribution is -2.41. The third-order valence-electron chi connectivity index (χ3n) is 5.50. The zero-order valence-electron chi connectivity index (χ0n) is 17.0. The monoisotopic (exact) mass is 542 g/mol. The van der Waals surface area contributed by atoms with Crippen molar-refractivity contribution in [2.24, 2.45) is 10.9 Å². The Labute approximate surface area is 198 Å². The lowest BCUT2D eigenvalue weighted by molar-refractivity contribution is -0.136. The van der Waals surface area contributed by atoms with Crippen LogP contribution in [-0.2, 0) is 20.4 Å². The first-order valence-corrected chi connectivity index (χ1v) is 12.6. The van der Waals surface area contributed by atoms with Crippen molar-refractivity contribution in [1.29, 1.82) is 0 Å². The number of halogens is 2. The summed E-state index contributed by atoms with van der Waals surface area (Å²) in [5, 5.41) is 5.71. The molecule has 0 saturated carbocycles. The Morgan fingerprint density at radius 3 is 2.72 bits per heavy atom. The molecule has 0 unspecified atom stereocenters. The summed E-state index contributed by atoms with van der Waals surface area (Å²) in [6, 6.07) is 3.77. The molecule has 2 aromatic rings. The van der Waals surface area contributed by atoms with Crippen LogP contribution in [0.15, 0.2) is 50.5 Å². The molecule has 4 rings (SSSR count). The molecular weight excluding hydrogens is 523 g/mol. The maximum absolute atomic E-state index is 14.4. The van der Waals surface area contributed by atoms with Crippen LogP contribution in [-0.4, -0.2) is 49.7 Å². The summed E-state index contributed by atoms with van der Waals surface area (Å²) in [4.78, 5) is 22.0. The van der Waals surface area contributed by atoms with E-state index in [1.165, 1.54) is 28.8 Å². The van der Waals surface area contributed by atoms with E-state index >= 15 is 0 Å². The van der Waals surface area contributed by atoms with E-state index in [0.29, 0.717) is 48.0 Å². The number of rotatable bonds is 5. The Kier molecular flexibility index (Phi) is 7.03. The number of esters is 1. The predicted octanol–water partition coefficient (Wildman–Crippen LogP) is 2.80. The number of allylic oxidation sites excluding steroid dienone is 1. The first-order valence-electron chi connectivity index (χ1n) is 9.81.